The second-order valence-electron chi connectivity index (χ2n) is 5.52. The topological polar surface area (TPSA) is 67.0 Å². The Morgan fingerprint density at radius 2 is 1.91 bits per heavy atom. The molecular weight excluding hydrogens is 290 g/mol. The molecule has 0 aliphatic rings. The maximum atomic E-state index is 11.8. The number of ether oxygens (including phenoxy) is 1. The molecule has 0 aliphatic carbocycles. The van der Waals surface area contributed by atoms with E-state index in [9.17, 15) is 4.79 Å². The number of methoxy groups -OCH3 is 1. The molecule has 0 saturated heterocycles. The minimum absolute atomic E-state index is 0.0226. The van der Waals surface area contributed by atoms with Gasteiger partial charge in [-0.1, -0.05) is 32.4 Å². The molecule has 0 saturated carbocycles. The predicted molar refractivity (Wildman–Crippen MR) is 91.9 cm³/mol. The predicted octanol–water partition coefficient (Wildman–Crippen LogP) is 3.50. The normalized spacial score (nSPS) is 10.6. The van der Waals surface area contributed by atoms with Crippen LogP contribution in [0.4, 0.5) is 5.69 Å². The minimum Gasteiger partial charge on any atom is -0.497 e. The Balaban J connectivity index is 2.09. The van der Waals surface area contributed by atoms with Crippen molar-refractivity contribution in [2.24, 2.45) is 0 Å². The Morgan fingerprint density at radius 3 is 2.52 bits per heavy atom. The zero-order chi connectivity index (χ0) is 16.7. The average Bonchev–Trinajstić information content (AvgIpc) is 2.95. The minimum atomic E-state index is 0.0226. The number of rotatable bonds is 8. The van der Waals surface area contributed by atoms with Crippen molar-refractivity contribution in [1.29, 1.82) is 0 Å². The summed E-state index contributed by atoms with van der Waals surface area (Å²) < 4.78 is 5.17. The first kappa shape index (κ1) is 17.1. The van der Waals surface area contributed by atoms with Gasteiger partial charge in [0, 0.05) is 6.42 Å². The highest BCUT2D eigenvalue weighted by Gasteiger charge is 2.14. The number of nitrogens with one attached hydrogen (secondary N) is 2. The van der Waals surface area contributed by atoms with E-state index in [-0.39, 0.29) is 5.91 Å². The Morgan fingerprint density at radius 1 is 1.17 bits per heavy atom. The lowest BCUT2D eigenvalue weighted by Crippen LogP contribution is -2.12. The summed E-state index contributed by atoms with van der Waals surface area (Å²) in [5, 5.41) is 10.5. The summed E-state index contributed by atoms with van der Waals surface area (Å²) >= 11 is 0. The van der Waals surface area contributed by atoms with Gasteiger partial charge >= 0.3 is 0 Å². The number of carbonyl (C=O) groups is 1. The van der Waals surface area contributed by atoms with E-state index in [0.717, 1.165) is 48.5 Å². The third kappa shape index (κ3) is 4.58. The van der Waals surface area contributed by atoms with Crippen LogP contribution >= 0.6 is 0 Å². The number of hydrogen-bond acceptors (Lipinski definition) is 3. The Hall–Kier alpha value is -2.30. The lowest BCUT2D eigenvalue weighted by Gasteiger charge is -2.07. The number of anilines is 1. The first-order chi connectivity index (χ1) is 11.2. The van der Waals surface area contributed by atoms with Crippen LogP contribution in [0.1, 0.15) is 43.6 Å². The monoisotopic (exact) mass is 315 g/mol. The summed E-state index contributed by atoms with van der Waals surface area (Å²) in [4.78, 5) is 11.8. The fraction of sp³-hybridized carbons (Fsp3) is 0.444. The Bertz CT molecular complexity index is 632. The highest BCUT2D eigenvalue weighted by Crippen LogP contribution is 2.22. The van der Waals surface area contributed by atoms with Crippen molar-refractivity contribution in [3.05, 3.63) is 41.2 Å². The molecule has 5 nitrogen and oxygen atoms in total. The van der Waals surface area contributed by atoms with Crippen molar-refractivity contribution in [2.75, 3.05) is 12.4 Å². The van der Waals surface area contributed by atoms with Gasteiger partial charge in [-0.2, -0.15) is 5.10 Å². The summed E-state index contributed by atoms with van der Waals surface area (Å²) in [7, 11) is 1.66. The highest BCUT2D eigenvalue weighted by molar-refractivity contribution is 5.91. The Kier molecular flexibility index (Phi) is 6.20. The van der Waals surface area contributed by atoms with Gasteiger partial charge in [-0.3, -0.25) is 9.89 Å². The second kappa shape index (κ2) is 8.36. The van der Waals surface area contributed by atoms with Crippen LogP contribution in [0.2, 0.25) is 0 Å². The molecule has 23 heavy (non-hydrogen) atoms. The van der Waals surface area contributed by atoms with Crippen LogP contribution in [0.3, 0.4) is 0 Å². The number of aryl methyl sites for hydroxylation is 3. The molecule has 0 spiro atoms. The SMILES string of the molecule is CCCc1[nH]nc(CCc2ccc(OC)cc2)c1NC(=O)CC. The highest BCUT2D eigenvalue weighted by atomic mass is 16.5. The van der Waals surface area contributed by atoms with Gasteiger partial charge in [0.15, 0.2) is 0 Å². The van der Waals surface area contributed by atoms with Crippen LogP contribution in [-0.4, -0.2) is 23.2 Å². The summed E-state index contributed by atoms with van der Waals surface area (Å²) in [6.07, 6.45) is 4.01. The molecule has 2 aromatic rings. The lowest BCUT2D eigenvalue weighted by molar-refractivity contribution is -0.115. The van der Waals surface area contributed by atoms with Crippen LogP contribution in [0, 0.1) is 0 Å². The summed E-state index contributed by atoms with van der Waals surface area (Å²) in [5.74, 6) is 0.879. The van der Waals surface area contributed by atoms with Crippen molar-refractivity contribution in [1.82, 2.24) is 10.2 Å². The molecular formula is C18H25N3O2. The maximum Gasteiger partial charge on any atom is 0.224 e. The van der Waals surface area contributed by atoms with Crippen LogP contribution in [0.5, 0.6) is 5.75 Å². The van der Waals surface area contributed by atoms with E-state index in [2.05, 4.69) is 34.6 Å². The van der Waals surface area contributed by atoms with Gasteiger partial charge in [-0.25, -0.2) is 0 Å². The third-order valence-corrected chi connectivity index (χ3v) is 3.81. The number of carbonyl (C=O) groups excluding carboxylic acids is 1. The molecule has 0 unspecified atom stereocenters. The molecule has 5 heteroatoms. The molecule has 1 heterocycles. The number of nitrogens with zero attached hydrogens (tertiary/aromatic N) is 1. The molecule has 1 aromatic heterocycles. The smallest absolute Gasteiger partial charge is 0.224 e. The van der Waals surface area contributed by atoms with Gasteiger partial charge in [0.05, 0.1) is 24.2 Å². The number of aromatic amines is 1. The van der Waals surface area contributed by atoms with E-state index in [1.807, 2.05) is 19.1 Å². The van der Waals surface area contributed by atoms with E-state index in [1.54, 1.807) is 7.11 Å². The largest absolute Gasteiger partial charge is 0.497 e. The molecule has 1 amide bonds. The average molecular weight is 315 g/mol. The van der Waals surface area contributed by atoms with Crippen molar-refractivity contribution in [2.45, 2.75) is 46.0 Å². The number of H-pyrrole nitrogens is 1. The van der Waals surface area contributed by atoms with E-state index < -0.39 is 0 Å². The number of aromatic nitrogens is 2. The van der Waals surface area contributed by atoms with Crippen LogP contribution in [0.15, 0.2) is 24.3 Å². The molecule has 0 radical (unpaired) electrons. The van der Waals surface area contributed by atoms with Crippen molar-refractivity contribution in [3.8, 4) is 5.75 Å². The van der Waals surface area contributed by atoms with E-state index in [1.165, 1.54) is 5.56 Å². The van der Waals surface area contributed by atoms with Gasteiger partial charge in [-0.05, 0) is 37.0 Å². The lowest BCUT2D eigenvalue weighted by atomic mass is 10.1. The van der Waals surface area contributed by atoms with Gasteiger partial charge in [0.25, 0.3) is 0 Å². The number of hydrogen-bond donors (Lipinski definition) is 2. The fourth-order valence-corrected chi connectivity index (χ4v) is 2.46. The number of amides is 1. The van der Waals surface area contributed by atoms with Crippen LogP contribution in [0.25, 0.3) is 0 Å². The van der Waals surface area contributed by atoms with Crippen LogP contribution in [-0.2, 0) is 24.1 Å². The summed E-state index contributed by atoms with van der Waals surface area (Å²) in [5.41, 5.74) is 4.02. The van der Waals surface area contributed by atoms with Gasteiger partial charge < -0.3 is 10.1 Å². The van der Waals surface area contributed by atoms with Crippen LogP contribution < -0.4 is 10.1 Å². The molecule has 0 atom stereocenters. The molecule has 1 aromatic carbocycles. The first-order valence-corrected chi connectivity index (χ1v) is 8.16. The molecule has 2 N–H and O–H groups in total. The standard InChI is InChI=1S/C18H25N3O2/c1-4-6-15-18(19-17(22)5-2)16(21-20-15)12-9-13-7-10-14(23-3)11-8-13/h7-8,10-11H,4-6,9,12H2,1-3H3,(H,19,22)(H,20,21). The Labute approximate surface area is 137 Å². The molecule has 0 bridgehead atoms. The zero-order valence-corrected chi connectivity index (χ0v) is 14.1. The maximum absolute atomic E-state index is 11.8. The van der Waals surface area contributed by atoms with E-state index in [4.69, 9.17) is 4.74 Å². The molecule has 0 aliphatic heterocycles. The second-order valence-corrected chi connectivity index (χ2v) is 5.52. The fourth-order valence-electron chi connectivity index (χ4n) is 2.46. The van der Waals surface area contributed by atoms with E-state index >= 15 is 0 Å². The third-order valence-electron chi connectivity index (χ3n) is 3.81. The van der Waals surface area contributed by atoms with Gasteiger partial charge in [-0.15, -0.1) is 0 Å². The zero-order valence-electron chi connectivity index (χ0n) is 14.1. The first-order valence-electron chi connectivity index (χ1n) is 8.16. The molecule has 2 rings (SSSR count). The molecule has 0 fully saturated rings. The number of benzene rings is 1. The summed E-state index contributed by atoms with van der Waals surface area (Å²) in [6, 6.07) is 8.04. The van der Waals surface area contributed by atoms with Gasteiger partial charge in [0.2, 0.25) is 5.91 Å². The van der Waals surface area contributed by atoms with Crippen molar-refractivity contribution < 1.29 is 9.53 Å². The van der Waals surface area contributed by atoms with E-state index in [0.29, 0.717) is 6.42 Å². The van der Waals surface area contributed by atoms with Crippen molar-refractivity contribution in [3.63, 3.8) is 0 Å². The van der Waals surface area contributed by atoms with Crippen molar-refractivity contribution >= 4 is 11.6 Å². The molecule has 124 valence electrons. The van der Waals surface area contributed by atoms with Gasteiger partial charge in [0.1, 0.15) is 5.75 Å². The summed E-state index contributed by atoms with van der Waals surface area (Å²) in [6.45, 7) is 3.97. The quantitative estimate of drug-likeness (QED) is 0.783.